The van der Waals surface area contributed by atoms with Gasteiger partial charge < -0.3 is 16.4 Å². The zero-order chi connectivity index (χ0) is 13.7. The minimum Gasteiger partial charge on any atom is -0.350 e. The van der Waals surface area contributed by atoms with E-state index in [1.807, 2.05) is 0 Å². The summed E-state index contributed by atoms with van der Waals surface area (Å²) in [6.07, 6.45) is 3.76. The number of amides is 2. The van der Waals surface area contributed by atoms with Crippen LogP contribution in [0.1, 0.15) is 23.3 Å². The van der Waals surface area contributed by atoms with Gasteiger partial charge >= 0.3 is 0 Å². The van der Waals surface area contributed by atoms with E-state index in [0.29, 0.717) is 18.2 Å². The van der Waals surface area contributed by atoms with Gasteiger partial charge in [-0.1, -0.05) is 6.07 Å². The number of carbonyl (C=O) groups is 2. The summed E-state index contributed by atoms with van der Waals surface area (Å²) in [5.74, 6) is -0.0708. The highest BCUT2D eigenvalue weighted by atomic mass is 16.2. The Morgan fingerprint density at radius 1 is 1.42 bits per heavy atom. The molecule has 6 heteroatoms. The van der Waals surface area contributed by atoms with E-state index in [-0.39, 0.29) is 24.4 Å². The van der Waals surface area contributed by atoms with Crippen molar-refractivity contribution in [2.45, 2.75) is 18.9 Å². The summed E-state index contributed by atoms with van der Waals surface area (Å²) >= 11 is 0. The maximum atomic E-state index is 11.7. The first-order chi connectivity index (χ1) is 9.20. The largest absolute Gasteiger partial charge is 0.350 e. The van der Waals surface area contributed by atoms with Crippen LogP contribution >= 0.6 is 0 Å². The molecule has 1 aliphatic rings. The van der Waals surface area contributed by atoms with Gasteiger partial charge in [0.1, 0.15) is 5.69 Å². The van der Waals surface area contributed by atoms with Gasteiger partial charge in [-0.15, -0.1) is 0 Å². The van der Waals surface area contributed by atoms with Gasteiger partial charge in [-0.05, 0) is 30.9 Å². The van der Waals surface area contributed by atoms with Crippen LogP contribution in [0.5, 0.6) is 0 Å². The van der Waals surface area contributed by atoms with Crippen molar-refractivity contribution in [2.75, 3.05) is 13.1 Å². The van der Waals surface area contributed by atoms with Crippen molar-refractivity contribution in [3.8, 4) is 0 Å². The van der Waals surface area contributed by atoms with Crippen LogP contribution < -0.4 is 16.4 Å². The van der Waals surface area contributed by atoms with Gasteiger partial charge in [0.2, 0.25) is 5.91 Å². The van der Waals surface area contributed by atoms with E-state index in [1.165, 1.54) is 6.20 Å². The molecule has 1 saturated carbocycles. The van der Waals surface area contributed by atoms with Crippen LogP contribution in [-0.2, 0) is 4.79 Å². The highest BCUT2D eigenvalue weighted by molar-refractivity contribution is 5.94. The Balaban J connectivity index is 1.75. The lowest BCUT2D eigenvalue weighted by molar-refractivity contribution is -0.120. The number of hydrogen-bond acceptors (Lipinski definition) is 4. The fraction of sp³-hybridized carbons (Fsp3) is 0.462. The molecule has 2 rings (SSSR count). The van der Waals surface area contributed by atoms with E-state index in [2.05, 4.69) is 15.6 Å². The van der Waals surface area contributed by atoms with E-state index >= 15 is 0 Å². The second kappa shape index (κ2) is 6.29. The average Bonchev–Trinajstić information content (AvgIpc) is 3.27. The third kappa shape index (κ3) is 4.03. The molecule has 2 amide bonds. The van der Waals surface area contributed by atoms with Crippen LogP contribution in [0.3, 0.4) is 0 Å². The Morgan fingerprint density at radius 2 is 2.21 bits per heavy atom. The third-order valence-electron chi connectivity index (χ3n) is 3.10. The summed E-state index contributed by atoms with van der Waals surface area (Å²) in [7, 11) is 0. The average molecular weight is 262 g/mol. The number of nitrogens with zero attached hydrogens (tertiary/aromatic N) is 1. The Hall–Kier alpha value is -1.95. The van der Waals surface area contributed by atoms with Crippen molar-refractivity contribution in [1.82, 2.24) is 15.6 Å². The molecule has 102 valence electrons. The van der Waals surface area contributed by atoms with E-state index in [0.717, 1.165) is 12.8 Å². The molecule has 0 aliphatic heterocycles. The Labute approximate surface area is 111 Å². The van der Waals surface area contributed by atoms with E-state index < -0.39 is 0 Å². The van der Waals surface area contributed by atoms with Crippen molar-refractivity contribution < 1.29 is 9.59 Å². The quantitative estimate of drug-likeness (QED) is 0.653. The molecule has 0 aromatic carbocycles. The lowest BCUT2D eigenvalue weighted by Crippen LogP contribution is -2.46. The zero-order valence-electron chi connectivity index (χ0n) is 10.6. The van der Waals surface area contributed by atoms with Gasteiger partial charge in [0.25, 0.3) is 5.91 Å². The standard InChI is InChI=1S/C13H18N4O2/c14-7-11(9-4-5-9)17-12(18)8-16-13(19)10-3-1-2-6-15-10/h1-3,6,9,11H,4-5,7-8,14H2,(H,16,19)(H,17,18). The topological polar surface area (TPSA) is 97.1 Å². The molecule has 1 aliphatic carbocycles. The summed E-state index contributed by atoms with van der Waals surface area (Å²) in [6, 6.07) is 5.07. The van der Waals surface area contributed by atoms with Crippen LogP contribution in [0.4, 0.5) is 0 Å². The Morgan fingerprint density at radius 3 is 2.79 bits per heavy atom. The molecule has 1 atom stereocenters. The Kier molecular flexibility index (Phi) is 4.46. The molecule has 1 aromatic heterocycles. The summed E-state index contributed by atoms with van der Waals surface area (Å²) in [4.78, 5) is 27.3. The van der Waals surface area contributed by atoms with Gasteiger partial charge in [-0.25, -0.2) is 0 Å². The van der Waals surface area contributed by atoms with Gasteiger partial charge in [0.15, 0.2) is 0 Å². The predicted molar refractivity (Wildman–Crippen MR) is 70.3 cm³/mol. The van der Waals surface area contributed by atoms with Crippen molar-refractivity contribution in [1.29, 1.82) is 0 Å². The molecule has 0 spiro atoms. The maximum Gasteiger partial charge on any atom is 0.270 e. The maximum absolute atomic E-state index is 11.7. The van der Waals surface area contributed by atoms with Crippen LogP contribution in [0.2, 0.25) is 0 Å². The fourth-order valence-electron chi connectivity index (χ4n) is 1.87. The molecular formula is C13H18N4O2. The van der Waals surface area contributed by atoms with Crippen LogP contribution in [0.25, 0.3) is 0 Å². The predicted octanol–water partition coefficient (Wildman–Crippen LogP) is -0.335. The van der Waals surface area contributed by atoms with E-state index in [9.17, 15) is 9.59 Å². The lowest BCUT2D eigenvalue weighted by Gasteiger charge is -2.16. The highest BCUT2D eigenvalue weighted by Crippen LogP contribution is 2.32. The number of hydrogen-bond donors (Lipinski definition) is 3. The van der Waals surface area contributed by atoms with Gasteiger partial charge in [-0.3, -0.25) is 14.6 Å². The fourth-order valence-corrected chi connectivity index (χ4v) is 1.87. The highest BCUT2D eigenvalue weighted by Gasteiger charge is 2.31. The smallest absolute Gasteiger partial charge is 0.270 e. The number of carbonyl (C=O) groups excluding carboxylic acids is 2. The van der Waals surface area contributed by atoms with Gasteiger partial charge in [0, 0.05) is 18.8 Å². The first-order valence-electron chi connectivity index (χ1n) is 6.39. The monoisotopic (exact) mass is 262 g/mol. The third-order valence-corrected chi connectivity index (χ3v) is 3.10. The molecule has 1 heterocycles. The molecule has 1 fully saturated rings. The molecule has 6 nitrogen and oxygen atoms in total. The number of nitrogens with one attached hydrogen (secondary N) is 2. The summed E-state index contributed by atoms with van der Waals surface area (Å²) in [6.45, 7) is 0.378. The summed E-state index contributed by atoms with van der Waals surface area (Å²) < 4.78 is 0. The molecule has 4 N–H and O–H groups in total. The normalized spacial score (nSPS) is 15.6. The van der Waals surface area contributed by atoms with Crippen LogP contribution in [-0.4, -0.2) is 35.9 Å². The van der Waals surface area contributed by atoms with Crippen LogP contribution in [0.15, 0.2) is 24.4 Å². The number of rotatable bonds is 6. The summed E-state index contributed by atoms with van der Waals surface area (Å²) in [5, 5.41) is 5.37. The van der Waals surface area contributed by atoms with Crippen LogP contribution in [0, 0.1) is 5.92 Å². The minimum atomic E-state index is -0.355. The minimum absolute atomic E-state index is 0.0271. The van der Waals surface area contributed by atoms with E-state index in [4.69, 9.17) is 5.73 Å². The summed E-state index contributed by atoms with van der Waals surface area (Å²) in [5.41, 5.74) is 5.90. The molecule has 1 unspecified atom stereocenters. The molecule has 0 radical (unpaired) electrons. The Bertz CT molecular complexity index is 445. The zero-order valence-corrected chi connectivity index (χ0v) is 10.6. The first-order valence-corrected chi connectivity index (χ1v) is 6.39. The van der Waals surface area contributed by atoms with Crippen molar-refractivity contribution in [3.05, 3.63) is 30.1 Å². The molecule has 1 aromatic rings. The van der Waals surface area contributed by atoms with Gasteiger partial charge in [0.05, 0.1) is 6.54 Å². The molecule has 0 bridgehead atoms. The molecular weight excluding hydrogens is 244 g/mol. The molecule has 0 saturated heterocycles. The first kappa shape index (κ1) is 13.5. The molecule has 19 heavy (non-hydrogen) atoms. The van der Waals surface area contributed by atoms with E-state index in [1.54, 1.807) is 18.2 Å². The van der Waals surface area contributed by atoms with Gasteiger partial charge in [-0.2, -0.15) is 0 Å². The second-order valence-electron chi connectivity index (χ2n) is 4.64. The van der Waals surface area contributed by atoms with Crippen molar-refractivity contribution in [2.24, 2.45) is 11.7 Å². The number of pyridine rings is 1. The number of nitrogens with two attached hydrogens (primary N) is 1. The lowest BCUT2D eigenvalue weighted by atomic mass is 10.2. The SMILES string of the molecule is NCC(NC(=O)CNC(=O)c1ccccn1)C1CC1. The van der Waals surface area contributed by atoms with Crippen molar-refractivity contribution >= 4 is 11.8 Å². The van der Waals surface area contributed by atoms with Crippen molar-refractivity contribution in [3.63, 3.8) is 0 Å². The second-order valence-corrected chi connectivity index (χ2v) is 4.64. The number of aromatic nitrogens is 1.